The highest BCUT2D eigenvalue weighted by atomic mass is 35.5. The van der Waals surface area contributed by atoms with Crippen molar-refractivity contribution in [2.45, 2.75) is 25.4 Å². The second kappa shape index (κ2) is 4.67. The number of amides is 1. The molecule has 2 saturated carbocycles. The zero-order valence-electron chi connectivity index (χ0n) is 9.34. The lowest BCUT2D eigenvalue weighted by Crippen LogP contribution is -2.43. The van der Waals surface area contributed by atoms with E-state index in [0.717, 1.165) is 24.2 Å². The van der Waals surface area contributed by atoms with E-state index >= 15 is 0 Å². The van der Waals surface area contributed by atoms with Gasteiger partial charge in [0.2, 0.25) is 5.91 Å². The first-order valence-electron chi connectivity index (χ1n) is 5.82. The van der Waals surface area contributed by atoms with Crippen LogP contribution in [0.4, 0.5) is 13.2 Å². The highest BCUT2D eigenvalue weighted by molar-refractivity contribution is 6.18. The second-order valence-electron chi connectivity index (χ2n) is 4.99. The molecule has 98 valence electrons. The second-order valence-corrected chi connectivity index (χ2v) is 5.37. The average Bonchev–Trinajstić information content (AvgIpc) is 2.82. The van der Waals surface area contributed by atoms with Gasteiger partial charge in [-0.25, -0.2) is 0 Å². The Morgan fingerprint density at radius 3 is 2.29 bits per heavy atom. The van der Waals surface area contributed by atoms with E-state index in [-0.39, 0.29) is 24.2 Å². The molecular formula is C11H15ClF3NO. The molecule has 2 rings (SSSR count). The number of alkyl halides is 4. The van der Waals surface area contributed by atoms with Gasteiger partial charge >= 0.3 is 6.18 Å². The zero-order chi connectivity index (χ0) is 12.6. The van der Waals surface area contributed by atoms with Gasteiger partial charge in [-0.05, 0) is 31.1 Å². The Morgan fingerprint density at radius 2 is 1.82 bits per heavy atom. The predicted octanol–water partition coefficient (Wildman–Crippen LogP) is 2.66. The maximum absolute atomic E-state index is 12.3. The highest BCUT2D eigenvalue weighted by Crippen LogP contribution is 2.54. The van der Waals surface area contributed by atoms with Gasteiger partial charge in [-0.1, -0.05) is 0 Å². The van der Waals surface area contributed by atoms with Gasteiger partial charge in [0.05, 0.1) is 0 Å². The van der Waals surface area contributed by atoms with Crippen LogP contribution < -0.4 is 0 Å². The Labute approximate surface area is 103 Å². The Kier molecular flexibility index (Phi) is 3.57. The fourth-order valence-corrected chi connectivity index (χ4v) is 2.96. The van der Waals surface area contributed by atoms with Crippen LogP contribution in [0.3, 0.4) is 0 Å². The van der Waals surface area contributed by atoms with Crippen LogP contribution in [-0.2, 0) is 4.79 Å². The first kappa shape index (κ1) is 13.0. The minimum absolute atomic E-state index is 0.0221. The smallest absolute Gasteiger partial charge is 0.332 e. The Hall–Kier alpha value is -0.450. The number of rotatable bonds is 4. The molecule has 0 aliphatic heterocycles. The Bertz CT molecular complexity index is 298. The van der Waals surface area contributed by atoms with E-state index in [1.165, 1.54) is 0 Å². The van der Waals surface area contributed by atoms with Crippen molar-refractivity contribution in [2.75, 3.05) is 19.0 Å². The zero-order valence-corrected chi connectivity index (χ0v) is 10.1. The standard InChI is InChI=1S/C11H15ClF3NO/c12-1-2-16(6-11(13,14)15)10(17)9-4-7-3-8(7)5-9/h7-9H,1-6H2. The summed E-state index contributed by atoms with van der Waals surface area (Å²) in [4.78, 5) is 12.8. The van der Waals surface area contributed by atoms with Crippen molar-refractivity contribution in [3.05, 3.63) is 0 Å². The molecule has 6 heteroatoms. The van der Waals surface area contributed by atoms with E-state index in [1.54, 1.807) is 0 Å². The Morgan fingerprint density at radius 1 is 1.24 bits per heavy atom. The first-order chi connectivity index (χ1) is 7.90. The average molecular weight is 270 g/mol. The third kappa shape index (κ3) is 3.27. The maximum Gasteiger partial charge on any atom is 0.406 e. The van der Waals surface area contributed by atoms with Crippen LogP contribution in [-0.4, -0.2) is 36.0 Å². The summed E-state index contributed by atoms with van der Waals surface area (Å²) in [6.07, 6.45) is -1.66. The van der Waals surface area contributed by atoms with Crippen LogP contribution in [0.15, 0.2) is 0 Å². The number of carbonyl (C=O) groups is 1. The van der Waals surface area contributed by atoms with Crippen molar-refractivity contribution in [2.24, 2.45) is 17.8 Å². The Balaban J connectivity index is 1.92. The number of fused-ring (bicyclic) bond motifs is 1. The fraction of sp³-hybridized carbons (Fsp3) is 0.909. The molecule has 2 atom stereocenters. The SMILES string of the molecule is O=C(C1CC2CC2C1)N(CCCl)CC(F)(F)F. The molecule has 2 unspecified atom stereocenters. The van der Waals surface area contributed by atoms with E-state index in [4.69, 9.17) is 11.6 Å². The van der Waals surface area contributed by atoms with Crippen molar-refractivity contribution >= 4 is 17.5 Å². The highest BCUT2D eigenvalue weighted by Gasteiger charge is 2.49. The third-order valence-electron chi connectivity index (χ3n) is 3.63. The molecule has 17 heavy (non-hydrogen) atoms. The lowest BCUT2D eigenvalue weighted by molar-refractivity contribution is -0.163. The van der Waals surface area contributed by atoms with Crippen molar-refractivity contribution in [3.63, 3.8) is 0 Å². The number of carbonyl (C=O) groups excluding carboxylic acids is 1. The third-order valence-corrected chi connectivity index (χ3v) is 3.80. The molecule has 0 bridgehead atoms. The van der Waals surface area contributed by atoms with Gasteiger partial charge < -0.3 is 4.90 Å². The molecule has 0 heterocycles. The van der Waals surface area contributed by atoms with Gasteiger partial charge in [0.25, 0.3) is 0 Å². The van der Waals surface area contributed by atoms with Gasteiger partial charge in [0, 0.05) is 18.3 Å². The predicted molar refractivity (Wildman–Crippen MR) is 57.7 cm³/mol. The summed E-state index contributed by atoms with van der Waals surface area (Å²) < 4.78 is 37.0. The van der Waals surface area contributed by atoms with Crippen LogP contribution in [0, 0.1) is 17.8 Å². The molecule has 0 N–H and O–H groups in total. The molecular weight excluding hydrogens is 255 g/mol. The van der Waals surface area contributed by atoms with Crippen molar-refractivity contribution in [1.82, 2.24) is 4.90 Å². The van der Waals surface area contributed by atoms with Gasteiger partial charge in [0.15, 0.2) is 0 Å². The van der Waals surface area contributed by atoms with Crippen LogP contribution >= 0.6 is 11.6 Å². The summed E-state index contributed by atoms with van der Waals surface area (Å²) in [5.74, 6) is 0.654. The minimum atomic E-state index is -4.34. The summed E-state index contributed by atoms with van der Waals surface area (Å²) in [6.45, 7) is -1.20. The van der Waals surface area contributed by atoms with Gasteiger partial charge in [-0.15, -0.1) is 11.6 Å². The number of halogens is 4. The van der Waals surface area contributed by atoms with Crippen molar-refractivity contribution in [3.8, 4) is 0 Å². The molecule has 0 radical (unpaired) electrons. The summed E-state index contributed by atoms with van der Waals surface area (Å²) in [7, 11) is 0. The molecule has 0 saturated heterocycles. The normalized spacial score (nSPS) is 31.2. The largest absolute Gasteiger partial charge is 0.406 e. The molecule has 0 spiro atoms. The summed E-state index contributed by atoms with van der Waals surface area (Å²) in [5, 5.41) is 0. The molecule has 2 aliphatic carbocycles. The molecule has 0 aromatic rings. The van der Waals surface area contributed by atoms with Crippen LogP contribution in [0.25, 0.3) is 0 Å². The van der Waals surface area contributed by atoms with Crippen molar-refractivity contribution < 1.29 is 18.0 Å². The van der Waals surface area contributed by atoms with Gasteiger partial charge in [0.1, 0.15) is 6.54 Å². The minimum Gasteiger partial charge on any atom is -0.332 e. The number of hydrogen-bond acceptors (Lipinski definition) is 1. The summed E-state index contributed by atoms with van der Waals surface area (Å²) in [5.41, 5.74) is 0. The van der Waals surface area contributed by atoms with E-state index in [2.05, 4.69) is 0 Å². The van der Waals surface area contributed by atoms with Crippen molar-refractivity contribution in [1.29, 1.82) is 0 Å². The van der Waals surface area contributed by atoms with E-state index in [9.17, 15) is 18.0 Å². The van der Waals surface area contributed by atoms with Gasteiger partial charge in [-0.3, -0.25) is 4.79 Å². The monoisotopic (exact) mass is 269 g/mol. The fourth-order valence-electron chi connectivity index (χ4n) is 2.76. The maximum atomic E-state index is 12.3. The molecule has 1 amide bonds. The molecule has 2 aliphatic rings. The molecule has 0 aromatic carbocycles. The topological polar surface area (TPSA) is 20.3 Å². The van der Waals surface area contributed by atoms with Crippen LogP contribution in [0.1, 0.15) is 19.3 Å². The quantitative estimate of drug-likeness (QED) is 0.719. The molecule has 2 fully saturated rings. The van der Waals surface area contributed by atoms with Crippen LogP contribution in [0.5, 0.6) is 0 Å². The molecule has 2 nitrogen and oxygen atoms in total. The summed E-state index contributed by atoms with van der Waals surface area (Å²) >= 11 is 5.45. The van der Waals surface area contributed by atoms with E-state index in [0.29, 0.717) is 11.8 Å². The lowest BCUT2D eigenvalue weighted by atomic mass is 10.0. The number of nitrogens with zero attached hydrogens (tertiary/aromatic N) is 1. The van der Waals surface area contributed by atoms with Gasteiger partial charge in [-0.2, -0.15) is 13.2 Å². The van der Waals surface area contributed by atoms with E-state index < -0.39 is 12.7 Å². The first-order valence-corrected chi connectivity index (χ1v) is 6.35. The number of hydrogen-bond donors (Lipinski definition) is 0. The van der Waals surface area contributed by atoms with Crippen LogP contribution in [0.2, 0.25) is 0 Å². The molecule has 0 aromatic heterocycles. The summed E-state index contributed by atoms with van der Waals surface area (Å²) in [6, 6.07) is 0. The van der Waals surface area contributed by atoms with E-state index in [1.807, 2.05) is 0 Å². The lowest BCUT2D eigenvalue weighted by Gasteiger charge is -2.26.